The van der Waals surface area contributed by atoms with E-state index in [0.29, 0.717) is 6.54 Å². The van der Waals surface area contributed by atoms with Crippen molar-refractivity contribution in [3.05, 3.63) is 0 Å². The lowest BCUT2D eigenvalue weighted by Crippen LogP contribution is -2.69. The van der Waals surface area contributed by atoms with E-state index in [1.807, 2.05) is 0 Å². The van der Waals surface area contributed by atoms with E-state index in [1.165, 1.54) is 38.4 Å². The van der Waals surface area contributed by atoms with Crippen molar-refractivity contribution in [3.63, 3.8) is 0 Å². The van der Waals surface area contributed by atoms with Crippen LogP contribution in [0.5, 0.6) is 0 Å². The van der Waals surface area contributed by atoms with Gasteiger partial charge in [0.2, 0.25) is 0 Å². The smallest absolute Gasteiger partial charge is 0.148 e. The monoisotopic (exact) mass is 302 g/mol. The van der Waals surface area contributed by atoms with Crippen molar-refractivity contribution in [1.82, 2.24) is 10.2 Å². The summed E-state index contributed by atoms with van der Waals surface area (Å²) < 4.78 is 23.1. The molecule has 0 aromatic heterocycles. The largest absolute Gasteiger partial charge is 0.308 e. The number of nitrogens with zero attached hydrogens (tertiary/aromatic N) is 1. The van der Waals surface area contributed by atoms with Crippen LogP contribution in [0.2, 0.25) is 0 Å². The van der Waals surface area contributed by atoms with Crippen LogP contribution in [0, 0.1) is 0 Å². The van der Waals surface area contributed by atoms with Crippen LogP contribution in [0.4, 0.5) is 0 Å². The van der Waals surface area contributed by atoms with Crippen molar-refractivity contribution in [3.8, 4) is 0 Å². The fourth-order valence-electron chi connectivity index (χ4n) is 3.67. The summed E-state index contributed by atoms with van der Waals surface area (Å²) in [5, 5.41) is 3.74. The molecule has 118 valence electrons. The van der Waals surface area contributed by atoms with E-state index in [1.54, 1.807) is 0 Å². The Kier molecular flexibility index (Phi) is 4.82. The van der Waals surface area contributed by atoms with Gasteiger partial charge in [-0.25, -0.2) is 8.42 Å². The first-order chi connectivity index (χ1) is 9.29. The Hall–Kier alpha value is -0.130. The van der Waals surface area contributed by atoms with E-state index in [9.17, 15) is 8.42 Å². The molecule has 2 rings (SSSR count). The number of hydrogen-bond acceptors (Lipinski definition) is 4. The van der Waals surface area contributed by atoms with Crippen LogP contribution < -0.4 is 5.32 Å². The van der Waals surface area contributed by atoms with Gasteiger partial charge in [0.1, 0.15) is 9.84 Å². The van der Waals surface area contributed by atoms with E-state index < -0.39 is 9.84 Å². The van der Waals surface area contributed by atoms with Crippen molar-refractivity contribution >= 4 is 9.84 Å². The second-order valence-electron chi connectivity index (χ2n) is 7.10. The minimum absolute atomic E-state index is 0.125. The van der Waals surface area contributed by atoms with Gasteiger partial charge in [-0.3, -0.25) is 4.90 Å². The Balaban J connectivity index is 2.13. The van der Waals surface area contributed by atoms with Gasteiger partial charge in [0.25, 0.3) is 0 Å². The summed E-state index contributed by atoms with van der Waals surface area (Å²) in [6.45, 7) is 7.15. The molecule has 1 spiro atoms. The summed E-state index contributed by atoms with van der Waals surface area (Å²) in [6, 6.07) is 0. The van der Waals surface area contributed by atoms with Gasteiger partial charge in [0.05, 0.1) is 5.75 Å². The molecule has 0 amide bonds. The zero-order valence-electron chi connectivity index (χ0n) is 13.2. The van der Waals surface area contributed by atoms with Gasteiger partial charge in [-0.05, 0) is 26.2 Å². The Morgan fingerprint density at radius 3 is 2.40 bits per heavy atom. The molecule has 1 saturated heterocycles. The molecule has 0 aromatic carbocycles. The molecule has 1 unspecified atom stereocenters. The van der Waals surface area contributed by atoms with Gasteiger partial charge in [-0.15, -0.1) is 0 Å². The molecule has 4 nitrogen and oxygen atoms in total. The van der Waals surface area contributed by atoms with Gasteiger partial charge >= 0.3 is 0 Å². The molecule has 5 heteroatoms. The van der Waals surface area contributed by atoms with Gasteiger partial charge < -0.3 is 5.32 Å². The summed E-state index contributed by atoms with van der Waals surface area (Å²) in [5.41, 5.74) is 0.331. The summed E-state index contributed by atoms with van der Waals surface area (Å²) in [4.78, 5) is 2.49. The zero-order valence-corrected chi connectivity index (χ0v) is 14.1. The molecule has 0 radical (unpaired) electrons. The van der Waals surface area contributed by atoms with Crippen molar-refractivity contribution in [2.45, 2.75) is 63.5 Å². The molecule has 1 aliphatic carbocycles. The number of sulfone groups is 1. The summed E-state index contributed by atoms with van der Waals surface area (Å²) >= 11 is 0. The predicted molar refractivity (Wildman–Crippen MR) is 83.8 cm³/mol. The van der Waals surface area contributed by atoms with E-state index in [0.717, 1.165) is 19.5 Å². The minimum atomic E-state index is -2.88. The minimum Gasteiger partial charge on any atom is -0.308 e. The Morgan fingerprint density at radius 1 is 1.20 bits per heavy atom. The van der Waals surface area contributed by atoms with E-state index in [-0.39, 0.29) is 16.8 Å². The first-order valence-corrected chi connectivity index (χ1v) is 10.0. The van der Waals surface area contributed by atoms with Gasteiger partial charge in [0, 0.05) is 37.0 Å². The molecule has 1 atom stereocenters. The van der Waals surface area contributed by atoms with Crippen LogP contribution in [0.15, 0.2) is 0 Å². The van der Waals surface area contributed by atoms with Gasteiger partial charge in [0.15, 0.2) is 0 Å². The Labute approximate surface area is 124 Å². The van der Waals surface area contributed by atoms with Crippen LogP contribution in [-0.2, 0) is 9.84 Å². The molecule has 0 aromatic rings. The number of nitrogens with one attached hydrogen (secondary N) is 1. The molecule has 2 aliphatic rings. The number of hydrogen-bond donors (Lipinski definition) is 1. The van der Waals surface area contributed by atoms with Gasteiger partial charge in [-0.2, -0.15) is 0 Å². The van der Waals surface area contributed by atoms with Crippen molar-refractivity contribution in [1.29, 1.82) is 0 Å². The molecule has 20 heavy (non-hydrogen) atoms. The normalized spacial score (nSPS) is 31.6. The molecule has 2 fully saturated rings. The lowest BCUT2D eigenvalue weighted by atomic mass is 9.76. The van der Waals surface area contributed by atoms with Crippen molar-refractivity contribution in [2.75, 3.05) is 31.6 Å². The maximum Gasteiger partial charge on any atom is 0.148 e. The van der Waals surface area contributed by atoms with E-state index in [2.05, 4.69) is 24.1 Å². The third kappa shape index (κ3) is 3.74. The lowest BCUT2D eigenvalue weighted by Gasteiger charge is -2.55. The molecule has 1 heterocycles. The van der Waals surface area contributed by atoms with Crippen LogP contribution in [0.1, 0.15) is 52.4 Å². The van der Waals surface area contributed by atoms with E-state index >= 15 is 0 Å². The third-order valence-electron chi connectivity index (χ3n) is 5.35. The fourth-order valence-corrected chi connectivity index (χ4v) is 4.22. The molecular weight excluding hydrogens is 272 g/mol. The third-order valence-corrected chi connectivity index (χ3v) is 6.28. The molecule has 0 bridgehead atoms. The highest BCUT2D eigenvalue weighted by molar-refractivity contribution is 7.90. The average molecular weight is 302 g/mol. The lowest BCUT2D eigenvalue weighted by molar-refractivity contribution is -0.0111. The van der Waals surface area contributed by atoms with Gasteiger partial charge in [-0.1, -0.05) is 26.2 Å². The summed E-state index contributed by atoms with van der Waals surface area (Å²) in [7, 11) is -2.88. The summed E-state index contributed by atoms with van der Waals surface area (Å²) in [6.07, 6.45) is 8.74. The summed E-state index contributed by atoms with van der Waals surface area (Å²) in [5.74, 6) is 0.286. The zero-order chi connectivity index (χ0) is 14.9. The number of piperazine rings is 1. The second-order valence-corrected chi connectivity index (χ2v) is 9.36. The average Bonchev–Trinajstić information content (AvgIpc) is 2.41. The predicted octanol–water partition coefficient (Wildman–Crippen LogP) is 1.81. The highest BCUT2D eigenvalue weighted by Crippen LogP contribution is 2.37. The van der Waals surface area contributed by atoms with Crippen LogP contribution >= 0.6 is 0 Å². The van der Waals surface area contributed by atoms with Crippen LogP contribution in [0.25, 0.3) is 0 Å². The fraction of sp³-hybridized carbons (Fsp3) is 1.00. The maximum atomic E-state index is 11.5. The topological polar surface area (TPSA) is 49.4 Å². The van der Waals surface area contributed by atoms with Crippen molar-refractivity contribution < 1.29 is 8.42 Å². The Morgan fingerprint density at radius 2 is 1.85 bits per heavy atom. The second kappa shape index (κ2) is 5.93. The molecular formula is C15H30N2O2S. The number of rotatable bonds is 4. The maximum absolute atomic E-state index is 11.5. The van der Waals surface area contributed by atoms with Crippen LogP contribution in [-0.4, -0.2) is 56.0 Å². The Bertz CT molecular complexity index is 429. The highest BCUT2D eigenvalue weighted by Gasteiger charge is 2.45. The van der Waals surface area contributed by atoms with Crippen LogP contribution in [0.3, 0.4) is 0 Å². The van der Waals surface area contributed by atoms with E-state index in [4.69, 9.17) is 0 Å². The quantitative estimate of drug-likeness (QED) is 0.860. The molecule has 1 aliphatic heterocycles. The SMILES string of the molecule is CCC1(C)CN(CCS(C)(=O)=O)C2(CCCCC2)CN1. The first kappa shape index (κ1) is 16.2. The first-order valence-electron chi connectivity index (χ1n) is 7.96. The molecule has 1 saturated carbocycles. The molecule has 1 N–H and O–H groups in total. The van der Waals surface area contributed by atoms with Crippen molar-refractivity contribution in [2.24, 2.45) is 0 Å². The standard InChI is InChI=1S/C15H30N2O2S/c1-4-14(2)13-17(10-11-20(3,18)19)15(12-16-14)8-6-5-7-9-15/h16H,4-13H2,1-3H3. The highest BCUT2D eigenvalue weighted by atomic mass is 32.2.